The van der Waals surface area contributed by atoms with Crippen LogP contribution < -0.4 is 0 Å². The summed E-state index contributed by atoms with van der Waals surface area (Å²) in [5.41, 5.74) is 2.70. The van der Waals surface area contributed by atoms with Gasteiger partial charge in [-0.3, -0.25) is 4.79 Å². The van der Waals surface area contributed by atoms with Crippen LogP contribution in [-0.4, -0.2) is 25.7 Å². The first-order valence-electron chi connectivity index (χ1n) is 9.58. The number of esters is 2. The maximum absolute atomic E-state index is 12.1. The number of carbonyl (C=O) groups excluding carboxylic acids is 2. The van der Waals surface area contributed by atoms with Gasteiger partial charge >= 0.3 is 11.9 Å². The summed E-state index contributed by atoms with van der Waals surface area (Å²) in [4.78, 5) is 23.0. The van der Waals surface area contributed by atoms with Crippen LogP contribution in [0.5, 0.6) is 0 Å². The van der Waals surface area contributed by atoms with Crippen molar-refractivity contribution in [2.75, 3.05) is 13.7 Å². The molecule has 0 aliphatic rings. The van der Waals surface area contributed by atoms with E-state index in [4.69, 9.17) is 4.74 Å². The molecule has 0 aliphatic heterocycles. The Morgan fingerprint density at radius 1 is 0.828 bits per heavy atom. The molecule has 0 atom stereocenters. The first kappa shape index (κ1) is 21.9. The quantitative estimate of drug-likeness (QED) is 0.304. The van der Waals surface area contributed by atoms with Gasteiger partial charge in [0.1, 0.15) is 6.61 Å². The highest BCUT2D eigenvalue weighted by Gasteiger charge is 2.06. The van der Waals surface area contributed by atoms with Gasteiger partial charge in [-0.05, 0) is 42.2 Å². The average Bonchev–Trinajstić information content (AvgIpc) is 2.77. The second-order valence-electron chi connectivity index (χ2n) is 6.25. The van der Waals surface area contributed by atoms with E-state index in [1.54, 1.807) is 18.2 Å². The molecule has 4 nitrogen and oxygen atoms in total. The van der Waals surface area contributed by atoms with Crippen molar-refractivity contribution in [3.05, 3.63) is 96.6 Å². The fourth-order valence-electron chi connectivity index (χ4n) is 2.54. The van der Waals surface area contributed by atoms with Crippen LogP contribution in [0, 0.1) is 0 Å². The van der Waals surface area contributed by atoms with Crippen LogP contribution in [0.2, 0.25) is 0 Å². The second-order valence-corrected chi connectivity index (χ2v) is 6.25. The van der Waals surface area contributed by atoms with Crippen molar-refractivity contribution in [1.29, 1.82) is 0 Å². The van der Waals surface area contributed by atoms with E-state index in [0.717, 1.165) is 24.0 Å². The molecule has 0 aliphatic carbocycles. The summed E-state index contributed by atoms with van der Waals surface area (Å²) < 4.78 is 9.82. The summed E-state index contributed by atoms with van der Waals surface area (Å²) in [5, 5.41) is 0. The molecular weight excluding hydrogens is 364 g/mol. The van der Waals surface area contributed by atoms with Gasteiger partial charge in [0.15, 0.2) is 0 Å². The van der Waals surface area contributed by atoms with Gasteiger partial charge in [0.05, 0.1) is 12.7 Å². The molecule has 0 saturated heterocycles. The lowest BCUT2D eigenvalue weighted by Gasteiger charge is -2.04. The Labute approximate surface area is 172 Å². The van der Waals surface area contributed by atoms with E-state index in [1.807, 2.05) is 72.8 Å². The maximum Gasteiger partial charge on any atom is 0.338 e. The fraction of sp³-hybridized carbons (Fsp3) is 0.200. The largest absolute Gasteiger partial charge is 0.469 e. The molecule has 29 heavy (non-hydrogen) atoms. The molecule has 0 heterocycles. The van der Waals surface area contributed by atoms with Gasteiger partial charge in [-0.2, -0.15) is 0 Å². The van der Waals surface area contributed by atoms with E-state index in [-0.39, 0.29) is 18.5 Å². The van der Waals surface area contributed by atoms with Crippen LogP contribution in [0.4, 0.5) is 0 Å². The summed E-state index contributed by atoms with van der Waals surface area (Å²) in [6, 6.07) is 17.4. The number of unbranched alkanes of at least 4 members (excludes halogenated alkanes) is 1. The molecule has 150 valence electrons. The van der Waals surface area contributed by atoms with Crippen LogP contribution in [0.3, 0.4) is 0 Å². The van der Waals surface area contributed by atoms with Crippen LogP contribution >= 0.6 is 0 Å². The summed E-state index contributed by atoms with van der Waals surface area (Å²) in [6.07, 6.45) is 13.3. The van der Waals surface area contributed by atoms with Crippen molar-refractivity contribution in [2.24, 2.45) is 0 Å². The van der Waals surface area contributed by atoms with Gasteiger partial charge in [0.2, 0.25) is 0 Å². The van der Waals surface area contributed by atoms with Crippen LogP contribution in [0.1, 0.15) is 29.6 Å². The number of hydrogen-bond acceptors (Lipinski definition) is 4. The first-order valence-corrected chi connectivity index (χ1v) is 9.58. The Morgan fingerprint density at radius 3 is 2.17 bits per heavy atom. The SMILES string of the molecule is COC(=O)CCC\C=C/C=C/C=C/COC(=O)c1ccc(-c2ccccc2)cc1. The highest BCUT2D eigenvalue weighted by Crippen LogP contribution is 2.19. The molecule has 0 saturated carbocycles. The number of hydrogen-bond donors (Lipinski definition) is 0. The number of carbonyl (C=O) groups is 2. The van der Waals surface area contributed by atoms with E-state index in [9.17, 15) is 9.59 Å². The van der Waals surface area contributed by atoms with Gasteiger partial charge in [0, 0.05) is 6.42 Å². The molecule has 2 aromatic carbocycles. The van der Waals surface area contributed by atoms with Crippen LogP contribution in [0.25, 0.3) is 11.1 Å². The first-order chi connectivity index (χ1) is 14.2. The smallest absolute Gasteiger partial charge is 0.338 e. The summed E-state index contributed by atoms with van der Waals surface area (Å²) in [7, 11) is 1.39. The highest BCUT2D eigenvalue weighted by molar-refractivity contribution is 5.90. The number of ether oxygens (including phenoxy) is 2. The zero-order valence-corrected chi connectivity index (χ0v) is 16.6. The molecular formula is C25H26O4. The van der Waals surface area contributed by atoms with Gasteiger partial charge in [0.25, 0.3) is 0 Å². The molecule has 2 rings (SSSR count). The van der Waals surface area contributed by atoms with Gasteiger partial charge in [-0.1, -0.05) is 72.8 Å². The molecule has 0 amide bonds. The van der Waals surface area contributed by atoms with E-state index < -0.39 is 0 Å². The zero-order valence-electron chi connectivity index (χ0n) is 16.6. The van der Waals surface area contributed by atoms with Crippen molar-refractivity contribution in [3.63, 3.8) is 0 Å². The highest BCUT2D eigenvalue weighted by atomic mass is 16.5. The Hall–Kier alpha value is -3.40. The molecule has 0 radical (unpaired) electrons. The predicted molar refractivity (Wildman–Crippen MR) is 115 cm³/mol. The lowest BCUT2D eigenvalue weighted by Crippen LogP contribution is -2.04. The third-order valence-corrected chi connectivity index (χ3v) is 4.12. The zero-order chi connectivity index (χ0) is 20.7. The molecule has 2 aromatic rings. The summed E-state index contributed by atoms with van der Waals surface area (Å²) >= 11 is 0. The molecule has 0 fully saturated rings. The maximum atomic E-state index is 12.1. The molecule has 0 unspecified atom stereocenters. The van der Waals surface area contributed by atoms with E-state index in [2.05, 4.69) is 4.74 Å². The van der Waals surface area contributed by atoms with Crippen molar-refractivity contribution in [3.8, 4) is 11.1 Å². The van der Waals surface area contributed by atoms with Crippen molar-refractivity contribution in [1.82, 2.24) is 0 Å². The Bertz CT molecular complexity index is 846. The fourth-order valence-corrected chi connectivity index (χ4v) is 2.54. The van der Waals surface area contributed by atoms with Crippen molar-refractivity contribution >= 4 is 11.9 Å². The third-order valence-electron chi connectivity index (χ3n) is 4.12. The lowest BCUT2D eigenvalue weighted by atomic mass is 10.0. The molecule has 0 bridgehead atoms. The lowest BCUT2D eigenvalue weighted by molar-refractivity contribution is -0.140. The van der Waals surface area contributed by atoms with E-state index in [1.165, 1.54) is 7.11 Å². The topological polar surface area (TPSA) is 52.6 Å². The molecule has 0 N–H and O–H groups in total. The minimum atomic E-state index is -0.344. The molecule has 4 heteroatoms. The predicted octanol–water partition coefficient (Wildman–Crippen LogP) is 5.52. The van der Waals surface area contributed by atoms with E-state index in [0.29, 0.717) is 12.0 Å². The Morgan fingerprint density at radius 2 is 1.48 bits per heavy atom. The minimum Gasteiger partial charge on any atom is -0.469 e. The number of benzene rings is 2. The summed E-state index contributed by atoms with van der Waals surface area (Å²) in [5.74, 6) is -0.526. The van der Waals surface area contributed by atoms with Gasteiger partial charge in [-0.15, -0.1) is 0 Å². The number of allylic oxidation sites excluding steroid dienone is 5. The Balaban J connectivity index is 1.67. The van der Waals surface area contributed by atoms with Crippen molar-refractivity contribution in [2.45, 2.75) is 19.3 Å². The standard InChI is InChI=1S/C25H26O4/c1-28-24(26)15-11-6-4-2-3-5-7-12-20-29-25(27)23-18-16-22(17-19-23)21-13-9-8-10-14-21/h2-5,7-10,12-14,16-19H,6,11,15,20H2,1H3/b4-2-,5-3+,12-7+. The number of methoxy groups -OCH3 is 1. The average molecular weight is 390 g/mol. The normalized spacial score (nSPS) is 11.3. The Kier molecular flexibility index (Phi) is 9.73. The molecule has 0 aromatic heterocycles. The van der Waals surface area contributed by atoms with Crippen molar-refractivity contribution < 1.29 is 19.1 Å². The molecule has 0 spiro atoms. The van der Waals surface area contributed by atoms with Crippen LogP contribution in [-0.2, 0) is 14.3 Å². The minimum absolute atomic E-state index is 0.182. The monoisotopic (exact) mass is 390 g/mol. The summed E-state index contributed by atoms with van der Waals surface area (Å²) in [6.45, 7) is 0.215. The van der Waals surface area contributed by atoms with Gasteiger partial charge < -0.3 is 9.47 Å². The third kappa shape index (κ3) is 8.43. The van der Waals surface area contributed by atoms with Crippen LogP contribution in [0.15, 0.2) is 91.1 Å². The second kappa shape index (κ2) is 12.9. The number of rotatable bonds is 10. The van der Waals surface area contributed by atoms with Gasteiger partial charge in [-0.25, -0.2) is 4.79 Å². The van der Waals surface area contributed by atoms with E-state index >= 15 is 0 Å².